The lowest BCUT2D eigenvalue weighted by molar-refractivity contribution is -0.384. The number of nitrogens with one attached hydrogen (secondary N) is 1. The van der Waals surface area contributed by atoms with Crippen LogP contribution in [-0.4, -0.2) is 36.4 Å². The van der Waals surface area contributed by atoms with Gasteiger partial charge in [-0.25, -0.2) is 0 Å². The minimum atomic E-state index is -0.556. The van der Waals surface area contributed by atoms with Gasteiger partial charge in [0, 0.05) is 49.6 Å². The van der Waals surface area contributed by atoms with Gasteiger partial charge in [-0.3, -0.25) is 19.7 Å². The molecule has 0 aromatic heterocycles. The third-order valence-electron chi connectivity index (χ3n) is 5.55. The summed E-state index contributed by atoms with van der Waals surface area (Å²) in [5, 5.41) is 13.6. The molecule has 2 amide bonds. The highest BCUT2D eigenvalue weighted by Crippen LogP contribution is 2.31. The monoisotopic (exact) mass is 428 g/mol. The molecule has 0 saturated carbocycles. The number of nitro groups is 1. The standard InChI is InChI=1S/C21H21ClN4O4/c22-18-12-17(26(29)30)7-8-19(18)23-21(28)14-11-20(27)25(13-14)16-5-3-15(4-6-16)24-9-1-2-10-24/h3-8,12,14H,1-2,9-11,13H2,(H,23,28). The first-order chi connectivity index (χ1) is 14.4. The lowest BCUT2D eigenvalue weighted by atomic mass is 10.1. The van der Waals surface area contributed by atoms with Gasteiger partial charge in [-0.2, -0.15) is 0 Å². The number of amides is 2. The summed E-state index contributed by atoms with van der Waals surface area (Å²) < 4.78 is 0. The molecule has 30 heavy (non-hydrogen) atoms. The summed E-state index contributed by atoms with van der Waals surface area (Å²) >= 11 is 6.05. The quantitative estimate of drug-likeness (QED) is 0.576. The Hall–Kier alpha value is -3.13. The number of carbonyl (C=O) groups is 2. The molecule has 0 spiro atoms. The molecule has 2 aromatic rings. The van der Waals surface area contributed by atoms with Crippen molar-refractivity contribution < 1.29 is 14.5 Å². The number of hydrogen-bond acceptors (Lipinski definition) is 5. The van der Waals surface area contributed by atoms with Crippen molar-refractivity contribution in [3.63, 3.8) is 0 Å². The third-order valence-corrected chi connectivity index (χ3v) is 5.86. The molecule has 2 aliphatic heterocycles. The van der Waals surface area contributed by atoms with Crippen LogP contribution in [0.5, 0.6) is 0 Å². The first-order valence-electron chi connectivity index (χ1n) is 9.82. The second kappa shape index (κ2) is 8.31. The van der Waals surface area contributed by atoms with E-state index >= 15 is 0 Å². The predicted octanol–water partition coefficient (Wildman–Crippen LogP) is 3.84. The number of nitrogens with zero attached hydrogens (tertiary/aromatic N) is 3. The average Bonchev–Trinajstić information content (AvgIpc) is 3.39. The SMILES string of the molecule is O=C(Nc1ccc([N+](=O)[O-])cc1Cl)C1CC(=O)N(c2ccc(N3CCCC3)cc2)C1. The second-order valence-corrected chi connectivity index (χ2v) is 7.93. The molecular formula is C21H21ClN4O4. The van der Waals surface area contributed by atoms with E-state index in [2.05, 4.69) is 10.2 Å². The Morgan fingerprint density at radius 3 is 2.40 bits per heavy atom. The molecule has 1 unspecified atom stereocenters. The molecule has 2 saturated heterocycles. The van der Waals surface area contributed by atoms with Gasteiger partial charge < -0.3 is 15.1 Å². The van der Waals surface area contributed by atoms with Crippen molar-refractivity contribution in [2.45, 2.75) is 19.3 Å². The van der Waals surface area contributed by atoms with Crippen molar-refractivity contribution in [2.75, 3.05) is 34.8 Å². The Balaban J connectivity index is 1.41. The minimum Gasteiger partial charge on any atom is -0.372 e. The second-order valence-electron chi connectivity index (χ2n) is 7.53. The van der Waals surface area contributed by atoms with E-state index < -0.39 is 10.8 Å². The number of carbonyl (C=O) groups excluding carboxylic acids is 2. The van der Waals surface area contributed by atoms with Crippen LogP contribution in [-0.2, 0) is 9.59 Å². The van der Waals surface area contributed by atoms with Crippen LogP contribution in [0, 0.1) is 16.0 Å². The molecule has 156 valence electrons. The highest BCUT2D eigenvalue weighted by molar-refractivity contribution is 6.34. The van der Waals surface area contributed by atoms with Crippen LogP contribution < -0.4 is 15.1 Å². The van der Waals surface area contributed by atoms with Crippen molar-refractivity contribution in [2.24, 2.45) is 5.92 Å². The van der Waals surface area contributed by atoms with Gasteiger partial charge in [-0.1, -0.05) is 11.6 Å². The zero-order valence-corrected chi connectivity index (χ0v) is 17.0. The number of non-ortho nitro benzene ring substituents is 1. The van der Waals surface area contributed by atoms with E-state index in [0.717, 1.165) is 24.5 Å². The molecule has 2 aromatic carbocycles. The summed E-state index contributed by atoms with van der Waals surface area (Å²) in [5.74, 6) is -0.976. The van der Waals surface area contributed by atoms with Gasteiger partial charge in [0.15, 0.2) is 0 Å². The van der Waals surface area contributed by atoms with Crippen LogP contribution >= 0.6 is 11.6 Å². The number of anilines is 3. The first kappa shape index (κ1) is 20.2. The fraction of sp³-hybridized carbons (Fsp3) is 0.333. The molecule has 2 aliphatic rings. The van der Waals surface area contributed by atoms with Crippen LogP contribution in [0.3, 0.4) is 0 Å². The highest BCUT2D eigenvalue weighted by atomic mass is 35.5. The fourth-order valence-electron chi connectivity index (χ4n) is 3.91. The molecular weight excluding hydrogens is 408 g/mol. The van der Waals surface area contributed by atoms with Gasteiger partial charge in [0.25, 0.3) is 5.69 Å². The van der Waals surface area contributed by atoms with Crippen LogP contribution in [0.4, 0.5) is 22.7 Å². The van der Waals surface area contributed by atoms with E-state index in [4.69, 9.17) is 11.6 Å². The highest BCUT2D eigenvalue weighted by Gasteiger charge is 2.35. The maximum absolute atomic E-state index is 12.6. The summed E-state index contributed by atoms with van der Waals surface area (Å²) in [4.78, 5) is 39.3. The number of rotatable bonds is 5. The maximum atomic E-state index is 12.6. The fourth-order valence-corrected chi connectivity index (χ4v) is 4.13. The van der Waals surface area contributed by atoms with Crippen LogP contribution in [0.15, 0.2) is 42.5 Å². The lowest BCUT2D eigenvalue weighted by Crippen LogP contribution is -2.28. The molecule has 8 nitrogen and oxygen atoms in total. The number of nitro benzene ring substituents is 1. The van der Waals surface area contributed by atoms with E-state index in [1.165, 1.54) is 31.0 Å². The first-order valence-corrected chi connectivity index (χ1v) is 10.2. The summed E-state index contributed by atoms with van der Waals surface area (Å²) in [6.07, 6.45) is 2.49. The number of halogens is 1. The molecule has 9 heteroatoms. The Morgan fingerprint density at radius 2 is 1.77 bits per heavy atom. The molecule has 1 N–H and O–H groups in total. The van der Waals surface area contributed by atoms with Crippen molar-refractivity contribution in [1.29, 1.82) is 0 Å². The number of benzene rings is 2. The molecule has 2 heterocycles. The summed E-state index contributed by atoms with van der Waals surface area (Å²) in [5.41, 5.74) is 2.04. The summed E-state index contributed by atoms with van der Waals surface area (Å²) in [6, 6.07) is 11.7. The van der Waals surface area contributed by atoms with Crippen molar-refractivity contribution >= 4 is 46.2 Å². The van der Waals surface area contributed by atoms with Crippen LogP contribution in [0.1, 0.15) is 19.3 Å². The normalized spacial score (nSPS) is 18.7. The van der Waals surface area contributed by atoms with Crippen molar-refractivity contribution in [3.8, 4) is 0 Å². The van der Waals surface area contributed by atoms with Crippen molar-refractivity contribution in [3.05, 3.63) is 57.6 Å². The van der Waals surface area contributed by atoms with Gasteiger partial charge in [0.1, 0.15) is 0 Å². The van der Waals surface area contributed by atoms with Crippen LogP contribution in [0.25, 0.3) is 0 Å². The van der Waals surface area contributed by atoms with Crippen LogP contribution in [0.2, 0.25) is 5.02 Å². The molecule has 0 radical (unpaired) electrons. The molecule has 0 bridgehead atoms. The van der Waals surface area contributed by atoms with E-state index in [0.29, 0.717) is 0 Å². The van der Waals surface area contributed by atoms with E-state index in [-0.39, 0.29) is 41.2 Å². The largest absolute Gasteiger partial charge is 0.372 e. The number of hydrogen-bond donors (Lipinski definition) is 1. The van der Waals surface area contributed by atoms with E-state index in [1.807, 2.05) is 24.3 Å². The molecule has 1 atom stereocenters. The third kappa shape index (κ3) is 4.09. The lowest BCUT2D eigenvalue weighted by Gasteiger charge is -2.20. The van der Waals surface area contributed by atoms with Gasteiger partial charge >= 0.3 is 0 Å². The smallest absolute Gasteiger partial charge is 0.271 e. The van der Waals surface area contributed by atoms with Gasteiger partial charge in [-0.15, -0.1) is 0 Å². The van der Waals surface area contributed by atoms with Gasteiger partial charge in [0.05, 0.1) is 21.6 Å². The summed E-state index contributed by atoms with van der Waals surface area (Å²) in [6.45, 7) is 2.38. The minimum absolute atomic E-state index is 0.0798. The maximum Gasteiger partial charge on any atom is 0.271 e. The Kier molecular flexibility index (Phi) is 5.59. The molecule has 2 fully saturated rings. The average molecular weight is 429 g/mol. The van der Waals surface area contributed by atoms with Crippen molar-refractivity contribution in [1.82, 2.24) is 0 Å². The predicted molar refractivity (Wildman–Crippen MR) is 115 cm³/mol. The zero-order valence-electron chi connectivity index (χ0n) is 16.2. The van der Waals surface area contributed by atoms with E-state index in [1.54, 1.807) is 4.90 Å². The Labute approximate surface area is 178 Å². The van der Waals surface area contributed by atoms with E-state index in [9.17, 15) is 19.7 Å². The molecule has 4 rings (SSSR count). The van der Waals surface area contributed by atoms with Gasteiger partial charge in [-0.05, 0) is 43.2 Å². The molecule has 0 aliphatic carbocycles. The zero-order chi connectivity index (χ0) is 21.3. The Bertz CT molecular complexity index is 989. The Morgan fingerprint density at radius 1 is 1.10 bits per heavy atom. The summed E-state index contributed by atoms with van der Waals surface area (Å²) in [7, 11) is 0. The van der Waals surface area contributed by atoms with Gasteiger partial charge in [0.2, 0.25) is 11.8 Å². The topological polar surface area (TPSA) is 95.8 Å².